The van der Waals surface area contributed by atoms with Crippen molar-refractivity contribution in [2.75, 3.05) is 32.6 Å². The summed E-state index contributed by atoms with van der Waals surface area (Å²) in [6.07, 6.45) is 6.10. The van der Waals surface area contributed by atoms with Crippen molar-refractivity contribution in [1.29, 1.82) is 0 Å². The fraction of sp³-hybridized carbons (Fsp3) is 0.619. The van der Waals surface area contributed by atoms with E-state index in [9.17, 15) is 9.59 Å². The average molecular weight is 389 g/mol. The number of piperidine rings is 1. The Morgan fingerprint density at radius 3 is 2.39 bits per heavy atom. The molecule has 2 N–H and O–H groups in total. The van der Waals surface area contributed by atoms with Crippen molar-refractivity contribution in [2.24, 2.45) is 5.92 Å². The number of hydrogen-bond acceptors (Lipinski definition) is 4. The molecule has 0 unspecified atom stereocenters. The molecule has 1 aromatic rings. The van der Waals surface area contributed by atoms with Gasteiger partial charge >= 0.3 is 6.03 Å². The lowest BCUT2D eigenvalue weighted by atomic mass is 9.97. The third kappa shape index (κ3) is 4.69. The number of benzene rings is 1. The van der Waals surface area contributed by atoms with Gasteiger partial charge < -0.3 is 25.0 Å². The molecule has 0 aromatic heterocycles. The molecule has 0 bridgehead atoms. The second-order valence-corrected chi connectivity index (χ2v) is 7.73. The number of hydrogen-bond donors (Lipinski definition) is 2. The highest BCUT2D eigenvalue weighted by molar-refractivity contribution is 5.94. The van der Waals surface area contributed by atoms with E-state index in [1.54, 1.807) is 25.2 Å². The van der Waals surface area contributed by atoms with Gasteiger partial charge in [0.05, 0.1) is 20.1 Å². The minimum Gasteiger partial charge on any atom is -0.493 e. The first-order chi connectivity index (χ1) is 13.5. The molecule has 1 aromatic carbocycles. The van der Waals surface area contributed by atoms with Crippen molar-refractivity contribution >= 4 is 17.6 Å². The van der Waals surface area contributed by atoms with Crippen LogP contribution in [0.15, 0.2) is 12.1 Å². The minimum absolute atomic E-state index is 0.0355. The van der Waals surface area contributed by atoms with Gasteiger partial charge in [0.15, 0.2) is 11.5 Å². The molecule has 154 valence electrons. The number of rotatable bonds is 5. The fourth-order valence-electron chi connectivity index (χ4n) is 4.06. The maximum absolute atomic E-state index is 12.8. The maximum Gasteiger partial charge on any atom is 0.317 e. The Morgan fingerprint density at radius 1 is 1.04 bits per heavy atom. The molecule has 1 aliphatic heterocycles. The third-order valence-electron chi connectivity index (χ3n) is 5.75. The Hall–Kier alpha value is -2.44. The van der Waals surface area contributed by atoms with Gasteiger partial charge in [0.25, 0.3) is 0 Å². The lowest BCUT2D eigenvalue weighted by Gasteiger charge is -2.33. The number of nitrogens with zero attached hydrogens (tertiary/aromatic N) is 1. The molecular weight excluding hydrogens is 358 g/mol. The van der Waals surface area contributed by atoms with Crippen molar-refractivity contribution in [3.05, 3.63) is 17.7 Å². The Balaban J connectivity index is 1.61. The molecule has 28 heavy (non-hydrogen) atoms. The van der Waals surface area contributed by atoms with E-state index in [1.807, 2.05) is 13.0 Å². The molecule has 2 fully saturated rings. The van der Waals surface area contributed by atoms with E-state index in [2.05, 4.69) is 10.6 Å². The SMILES string of the molecule is COc1cc(C)c(NC(=O)[C@@H]2CCCN(C(=O)NC3CCCC3)C2)cc1OC. The van der Waals surface area contributed by atoms with Crippen molar-refractivity contribution in [3.8, 4) is 11.5 Å². The number of anilines is 1. The molecule has 1 heterocycles. The number of amides is 3. The van der Waals surface area contributed by atoms with Crippen molar-refractivity contribution in [2.45, 2.75) is 51.5 Å². The first-order valence-electron chi connectivity index (χ1n) is 10.1. The number of likely N-dealkylation sites (tertiary alicyclic amines) is 1. The zero-order chi connectivity index (χ0) is 20.1. The standard InChI is InChI=1S/C21H31N3O4/c1-14-11-18(27-2)19(28-3)12-17(14)23-20(25)15-7-6-10-24(13-15)21(26)22-16-8-4-5-9-16/h11-12,15-16H,4-10,13H2,1-3H3,(H,22,26)(H,23,25)/t15-/m1/s1. The smallest absolute Gasteiger partial charge is 0.317 e. The van der Waals surface area contributed by atoms with Gasteiger partial charge in [-0.25, -0.2) is 4.79 Å². The summed E-state index contributed by atoms with van der Waals surface area (Å²) >= 11 is 0. The van der Waals surface area contributed by atoms with Gasteiger partial charge in [-0.05, 0) is 44.2 Å². The van der Waals surface area contributed by atoms with E-state index in [1.165, 1.54) is 12.8 Å². The highest BCUT2D eigenvalue weighted by Crippen LogP contribution is 2.33. The van der Waals surface area contributed by atoms with E-state index in [0.717, 1.165) is 31.2 Å². The summed E-state index contributed by atoms with van der Waals surface area (Å²) < 4.78 is 10.6. The monoisotopic (exact) mass is 389 g/mol. The largest absolute Gasteiger partial charge is 0.493 e. The average Bonchev–Trinajstić information content (AvgIpc) is 3.22. The summed E-state index contributed by atoms with van der Waals surface area (Å²) in [5.41, 5.74) is 1.60. The topological polar surface area (TPSA) is 79.9 Å². The molecule has 2 aliphatic rings. The number of nitrogens with one attached hydrogen (secondary N) is 2. The van der Waals surface area contributed by atoms with Crippen LogP contribution in [0.2, 0.25) is 0 Å². The summed E-state index contributed by atoms with van der Waals surface area (Å²) in [6, 6.07) is 3.87. The number of carbonyl (C=O) groups excluding carboxylic acids is 2. The maximum atomic E-state index is 12.8. The highest BCUT2D eigenvalue weighted by atomic mass is 16.5. The van der Waals surface area contributed by atoms with Gasteiger partial charge in [-0.1, -0.05) is 12.8 Å². The summed E-state index contributed by atoms with van der Waals surface area (Å²) in [5, 5.41) is 6.13. The van der Waals surface area contributed by atoms with E-state index >= 15 is 0 Å². The molecule has 1 saturated carbocycles. The Morgan fingerprint density at radius 2 is 1.71 bits per heavy atom. The van der Waals surface area contributed by atoms with E-state index in [4.69, 9.17) is 9.47 Å². The van der Waals surface area contributed by atoms with Crippen LogP contribution in [0, 0.1) is 12.8 Å². The third-order valence-corrected chi connectivity index (χ3v) is 5.75. The molecular formula is C21H31N3O4. The van der Waals surface area contributed by atoms with E-state index < -0.39 is 0 Å². The lowest BCUT2D eigenvalue weighted by molar-refractivity contribution is -0.121. The molecule has 1 saturated heterocycles. The van der Waals surface area contributed by atoms with E-state index in [0.29, 0.717) is 30.3 Å². The second-order valence-electron chi connectivity index (χ2n) is 7.73. The highest BCUT2D eigenvalue weighted by Gasteiger charge is 2.30. The number of urea groups is 1. The van der Waals surface area contributed by atoms with Crippen LogP contribution >= 0.6 is 0 Å². The zero-order valence-corrected chi connectivity index (χ0v) is 17.0. The quantitative estimate of drug-likeness (QED) is 0.810. The Kier molecular flexibility index (Phi) is 6.65. The number of ether oxygens (including phenoxy) is 2. The molecule has 1 aliphatic carbocycles. The first-order valence-corrected chi connectivity index (χ1v) is 10.1. The normalized spacial score (nSPS) is 20.0. The van der Waals surface area contributed by atoms with Gasteiger partial charge in [0, 0.05) is 30.9 Å². The van der Waals surface area contributed by atoms with Gasteiger partial charge in [0.1, 0.15) is 0 Å². The summed E-state index contributed by atoms with van der Waals surface area (Å²) in [4.78, 5) is 27.2. The van der Waals surface area contributed by atoms with E-state index in [-0.39, 0.29) is 23.9 Å². The number of aryl methyl sites for hydroxylation is 1. The number of carbonyl (C=O) groups is 2. The molecule has 3 rings (SSSR count). The van der Waals surface area contributed by atoms with Gasteiger partial charge in [-0.15, -0.1) is 0 Å². The summed E-state index contributed by atoms with van der Waals surface area (Å²) in [7, 11) is 3.16. The van der Waals surface area contributed by atoms with Gasteiger partial charge in [0.2, 0.25) is 5.91 Å². The molecule has 1 atom stereocenters. The molecule has 0 radical (unpaired) electrons. The lowest BCUT2D eigenvalue weighted by Crippen LogP contribution is -2.49. The molecule has 3 amide bonds. The predicted molar refractivity (Wildman–Crippen MR) is 108 cm³/mol. The first kappa shape index (κ1) is 20.3. The van der Waals surface area contributed by atoms with Crippen LogP contribution in [0.3, 0.4) is 0 Å². The number of methoxy groups -OCH3 is 2. The van der Waals surface area contributed by atoms with Crippen molar-refractivity contribution in [1.82, 2.24) is 10.2 Å². The van der Waals surface area contributed by atoms with Crippen LogP contribution in [0.4, 0.5) is 10.5 Å². The van der Waals surface area contributed by atoms with Crippen LogP contribution < -0.4 is 20.1 Å². The van der Waals surface area contributed by atoms with Crippen LogP contribution in [0.1, 0.15) is 44.1 Å². The minimum atomic E-state index is -0.212. The van der Waals surface area contributed by atoms with Crippen LogP contribution in [0.5, 0.6) is 11.5 Å². The molecule has 7 heteroatoms. The van der Waals surface area contributed by atoms with Crippen LogP contribution in [0.25, 0.3) is 0 Å². The molecule has 0 spiro atoms. The zero-order valence-electron chi connectivity index (χ0n) is 17.0. The van der Waals surface area contributed by atoms with Crippen molar-refractivity contribution < 1.29 is 19.1 Å². The van der Waals surface area contributed by atoms with Crippen LogP contribution in [-0.2, 0) is 4.79 Å². The fourth-order valence-corrected chi connectivity index (χ4v) is 4.06. The Labute approximate surface area is 166 Å². The Bertz CT molecular complexity index is 716. The molecule has 7 nitrogen and oxygen atoms in total. The van der Waals surface area contributed by atoms with Crippen LogP contribution in [-0.4, -0.2) is 50.2 Å². The summed E-state index contributed by atoms with van der Waals surface area (Å²) in [6.45, 7) is 3.08. The van der Waals surface area contributed by atoms with Crippen molar-refractivity contribution in [3.63, 3.8) is 0 Å². The predicted octanol–water partition coefficient (Wildman–Crippen LogP) is 3.31. The second kappa shape index (κ2) is 9.17. The van der Waals surface area contributed by atoms with Gasteiger partial charge in [-0.3, -0.25) is 4.79 Å². The summed E-state index contributed by atoms with van der Waals surface area (Å²) in [5.74, 6) is 0.930. The van der Waals surface area contributed by atoms with Gasteiger partial charge in [-0.2, -0.15) is 0 Å².